The molecule has 4 aliphatic rings. The summed E-state index contributed by atoms with van der Waals surface area (Å²) in [5, 5.41) is 18.5. The monoisotopic (exact) mass is 383 g/mol. The van der Waals surface area contributed by atoms with Crippen LogP contribution in [0.4, 0.5) is 0 Å². The van der Waals surface area contributed by atoms with Gasteiger partial charge in [0.05, 0.1) is 12.1 Å². The number of piperidine rings is 2. The van der Waals surface area contributed by atoms with Crippen LogP contribution in [0.15, 0.2) is 24.3 Å². The molecule has 5 rings (SSSR count). The van der Waals surface area contributed by atoms with Gasteiger partial charge >= 0.3 is 0 Å². The van der Waals surface area contributed by atoms with Crippen molar-refractivity contribution < 1.29 is 9.90 Å². The third kappa shape index (κ3) is 3.17. The minimum absolute atomic E-state index is 0.0282. The highest BCUT2D eigenvalue weighted by atomic mass is 16.3. The topological polar surface area (TPSA) is 64.6 Å². The number of hydrogen-bond donors (Lipinski definition) is 3. The maximum Gasteiger partial charge on any atom is 0.225 e. The number of carbonyl (C=O) groups excluding carboxylic acids is 1. The molecule has 5 nitrogen and oxygen atoms in total. The summed E-state index contributed by atoms with van der Waals surface area (Å²) in [6.45, 7) is 4.69. The zero-order chi connectivity index (χ0) is 19.1. The van der Waals surface area contributed by atoms with Crippen LogP contribution in [0.1, 0.15) is 55.7 Å². The van der Waals surface area contributed by atoms with E-state index in [0.29, 0.717) is 17.7 Å². The number of amides is 1. The van der Waals surface area contributed by atoms with Gasteiger partial charge in [0.1, 0.15) is 0 Å². The molecule has 2 aliphatic carbocycles. The van der Waals surface area contributed by atoms with Crippen LogP contribution in [0.5, 0.6) is 0 Å². The molecule has 1 saturated carbocycles. The van der Waals surface area contributed by atoms with E-state index in [9.17, 15) is 9.90 Å². The van der Waals surface area contributed by atoms with Crippen LogP contribution in [0.3, 0.4) is 0 Å². The molecule has 152 valence electrons. The number of nitrogens with one attached hydrogen (secondary N) is 2. The van der Waals surface area contributed by atoms with Crippen molar-refractivity contribution in [3.63, 3.8) is 0 Å². The van der Waals surface area contributed by atoms with Crippen molar-refractivity contribution in [1.29, 1.82) is 0 Å². The van der Waals surface area contributed by atoms with Gasteiger partial charge in [-0.2, -0.15) is 0 Å². The van der Waals surface area contributed by atoms with Crippen LogP contribution in [-0.2, 0) is 10.2 Å². The molecule has 5 heteroatoms. The molecule has 1 aromatic carbocycles. The zero-order valence-corrected chi connectivity index (χ0v) is 16.7. The Bertz CT molecular complexity index is 718. The Kier molecular flexibility index (Phi) is 4.93. The number of likely N-dealkylation sites (tertiary alicyclic amines) is 1. The number of carbonyl (C=O) groups is 1. The van der Waals surface area contributed by atoms with Gasteiger partial charge in [-0.3, -0.25) is 4.79 Å². The van der Waals surface area contributed by atoms with Crippen LogP contribution in [0, 0.1) is 11.8 Å². The highest BCUT2D eigenvalue weighted by Gasteiger charge is 2.51. The first-order chi connectivity index (χ1) is 13.7. The summed E-state index contributed by atoms with van der Waals surface area (Å²) in [6, 6.07) is 8.67. The quantitative estimate of drug-likeness (QED) is 0.744. The Hall–Kier alpha value is -1.43. The Balaban J connectivity index is 1.23. The molecule has 2 saturated heterocycles. The molecule has 1 spiro atoms. The van der Waals surface area contributed by atoms with Gasteiger partial charge in [0, 0.05) is 24.4 Å². The summed E-state index contributed by atoms with van der Waals surface area (Å²) < 4.78 is 0. The largest absolute Gasteiger partial charge is 0.390 e. The molecule has 3 fully saturated rings. The number of benzene rings is 1. The first-order valence-corrected chi connectivity index (χ1v) is 11.2. The lowest BCUT2D eigenvalue weighted by Gasteiger charge is -2.39. The van der Waals surface area contributed by atoms with Gasteiger partial charge in [0.15, 0.2) is 0 Å². The van der Waals surface area contributed by atoms with Gasteiger partial charge in [-0.15, -0.1) is 0 Å². The molecule has 0 bridgehead atoms. The molecule has 1 amide bonds. The molecule has 0 aromatic heterocycles. The van der Waals surface area contributed by atoms with E-state index < -0.39 is 0 Å². The van der Waals surface area contributed by atoms with E-state index in [1.165, 1.54) is 11.1 Å². The highest BCUT2D eigenvalue weighted by molar-refractivity contribution is 5.81. The fourth-order valence-electron chi connectivity index (χ4n) is 5.77. The van der Waals surface area contributed by atoms with E-state index in [-0.39, 0.29) is 17.6 Å². The fourth-order valence-corrected chi connectivity index (χ4v) is 5.77. The number of aliphatic hydroxyl groups is 1. The summed E-state index contributed by atoms with van der Waals surface area (Å²) >= 11 is 0. The fraction of sp³-hybridized carbons (Fsp3) is 0.696. The highest BCUT2D eigenvalue weighted by Crippen LogP contribution is 2.50. The second-order valence-corrected chi connectivity index (χ2v) is 9.37. The first kappa shape index (κ1) is 18.6. The maximum atomic E-state index is 12.3. The van der Waals surface area contributed by atoms with E-state index in [0.717, 1.165) is 71.2 Å². The molecule has 0 unspecified atom stereocenters. The normalized spacial score (nSPS) is 29.8. The average Bonchev–Trinajstić information content (AvgIpc) is 3.57. The Morgan fingerprint density at radius 3 is 2.57 bits per heavy atom. The van der Waals surface area contributed by atoms with E-state index in [2.05, 4.69) is 39.8 Å². The number of rotatable bonds is 4. The molecule has 1 aromatic rings. The SMILES string of the molecule is O=C(C1CC1)N1CCC(CN[C@H]2c3ccccc3C3(CCNCC3)[C@@H]2O)CC1. The molecule has 0 radical (unpaired) electrons. The van der Waals surface area contributed by atoms with E-state index >= 15 is 0 Å². The molecule has 2 heterocycles. The Labute approximate surface area is 167 Å². The maximum absolute atomic E-state index is 12.3. The van der Waals surface area contributed by atoms with Crippen molar-refractivity contribution in [3.05, 3.63) is 35.4 Å². The third-order valence-corrected chi connectivity index (χ3v) is 7.69. The van der Waals surface area contributed by atoms with Crippen molar-refractivity contribution in [1.82, 2.24) is 15.5 Å². The van der Waals surface area contributed by atoms with E-state index in [1.54, 1.807) is 0 Å². The molecular formula is C23H33N3O2. The minimum Gasteiger partial charge on any atom is -0.390 e. The van der Waals surface area contributed by atoms with Crippen LogP contribution in [-0.4, -0.2) is 54.7 Å². The lowest BCUT2D eigenvalue weighted by molar-refractivity contribution is -0.133. The van der Waals surface area contributed by atoms with E-state index in [4.69, 9.17) is 0 Å². The molecular weight excluding hydrogens is 350 g/mol. The smallest absolute Gasteiger partial charge is 0.225 e. The zero-order valence-electron chi connectivity index (χ0n) is 16.7. The summed E-state index contributed by atoms with van der Waals surface area (Å²) in [5.41, 5.74) is 2.55. The van der Waals surface area contributed by atoms with Gasteiger partial charge in [-0.05, 0) is 75.2 Å². The summed E-state index contributed by atoms with van der Waals surface area (Å²) in [5.74, 6) is 1.31. The predicted octanol–water partition coefficient (Wildman–Crippen LogP) is 1.96. The minimum atomic E-state index is -0.358. The summed E-state index contributed by atoms with van der Waals surface area (Å²) in [6.07, 6.45) is 5.99. The van der Waals surface area contributed by atoms with Crippen molar-refractivity contribution in [2.45, 2.75) is 56.1 Å². The number of nitrogens with zero attached hydrogens (tertiary/aromatic N) is 1. The van der Waals surface area contributed by atoms with Crippen molar-refractivity contribution in [2.75, 3.05) is 32.7 Å². The van der Waals surface area contributed by atoms with Gasteiger partial charge in [0.2, 0.25) is 5.91 Å². The Morgan fingerprint density at radius 2 is 1.86 bits per heavy atom. The third-order valence-electron chi connectivity index (χ3n) is 7.69. The molecule has 2 atom stereocenters. The average molecular weight is 384 g/mol. The van der Waals surface area contributed by atoms with Gasteiger partial charge in [-0.25, -0.2) is 0 Å². The lowest BCUT2D eigenvalue weighted by Crippen LogP contribution is -2.48. The Morgan fingerprint density at radius 1 is 1.14 bits per heavy atom. The van der Waals surface area contributed by atoms with Crippen LogP contribution < -0.4 is 10.6 Å². The van der Waals surface area contributed by atoms with Crippen molar-refractivity contribution in [2.24, 2.45) is 11.8 Å². The predicted molar refractivity (Wildman–Crippen MR) is 109 cm³/mol. The number of hydrogen-bond acceptors (Lipinski definition) is 4. The molecule has 3 N–H and O–H groups in total. The van der Waals surface area contributed by atoms with Crippen LogP contribution >= 0.6 is 0 Å². The number of aliphatic hydroxyl groups excluding tert-OH is 1. The first-order valence-electron chi connectivity index (χ1n) is 11.2. The van der Waals surface area contributed by atoms with Gasteiger partial charge in [-0.1, -0.05) is 24.3 Å². The number of fused-ring (bicyclic) bond motifs is 2. The van der Waals surface area contributed by atoms with Crippen LogP contribution in [0.25, 0.3) is 0 Å². The molecule has 2 aliphatic heterocycles. The van der Waals surface area contributed by atoms with Gasteiger partial charge < -0.3 is 20.6 Å². The second-order valence-electron chi connectivity index (χ2n) is 9.37. The lowest BCUT2D eigenvalue weighted by atomic mass is 9.72. The standard InChI is InChI=1S/C23H33N3O2/c27-21-20(18-3-1-2-4-19(18)23(21)9-11-24-12-10-23)25-15-16-7-13-26(14-8-16)22(28)17-5-6-17/h1-4,16-17,20-21,24-25,27H,5-15H2/t20-,21+/m0/s1. The van der Waals surface area contributed by atoms with Crippen molar-refractivity contribution >= 4 is 5.91 Å². The van der Waals surface area contributed by atoms with Gasteiger partial charge in [0.25, 0.3) is 0 Å². The van der Waals surface area contributed by atoms with E-state index in [1.807, 2.05) is 0 Å². The van der Waals surface area contributed by atoms with Crippen LogP contribution in [0.2, 0.25) is 0 Å². The second kappa shape index (κ2) is 7.43. The molecule has 28 heavy (non-hydrogen) atoms. The summed E-state index contributed by atoms with van der Waals surface area (Å²) in [7, 11) is 0. The summed E-state index contributed by atoms with van der Waals surface area (Å²) in [4.78, 5) is 14.3. The van der Waals surface area contributed by atoms with Crippen molar-refractivity contribution in [3.8, 4) is 0 Å².